The van der Waals surface area contributed by atoms with Crippen molar-refractivity contribution in [1.82, 2.24) is 19.4 Å². The maximum absolute atomic E-state index is 13.4. The number of alkyl halides is 6. The second kappa shape index (κ2) is 10.6. The van der Waals surface area contributed by atoms with Crippen molar-refractivity contribution in [2.24, 2.45) is 0 Å². The first-order valence-corrected chi connectivity index (χ1v) is 15.3. The number of benzene rings is 3. The zero-order valence-electron chi connectivity index (χ0n) is 21.5. The number of carbonyl (C=O) groups excluding carboxylic acids is 1. The van der Waals surface area contributed by atoms with Crippen molar-refractivity contribution in [1.29, 1.82) is 0 Å². The van der Waals surface area contributed by atoms with Crippen LogP contribution in [0.15, 0.2) is 71.6 Å². The number of hydrogen-bond acceptors (Lipinski definition) is 6. The summed E-state index contributed by atoms with van der Waals surface area (Å²) in [4.78, 5) is 17.6. The number of nitrogens with zero attached hydrogens (tertiary/aromatic N) is 1. The number of halogens is 6. The van der Waals surface area contributed by atoms with Gasteiger partial charge in [0, 0.05) is 0 Å². The van der Waals surface area contributed by atoms with E-state index >= 15 is 0 Å². The first-order valence-electron chi connectivity index (χ1n) is 12.3. The van der Waals surface area contributed by atoms with E-state index < -0.39 is 65.6 Å². The van der Waals surface area contributed by atoms with Gasteiger partial charge < -0.3 is 4.98 Å². The molecule has 1 fully saturated rings. The number of amides is 1. The summed E-state index contributed by atoms with van der Waals surface area (Å²) in [5.74, 6) is -0.651. The van der Waals surface area contributed by atoms with Crippen LogP contribution in [-0.4, -0.2) is 32.7 Å². The Morgan fingerprint density at radius 3 is 2.07 bits per heavy atom. The third kappa shape index (κ3) is 6.52. The highest BCUT2D eigenvalue weighted by molar-refractivity contribution is 7.90. The van der Waals surface area contributed by atoms with Gasteiger partial charge in [-0.2, -0.15) is 26.3 Å². The number of nitrogens with one attached hydrogen (secondary N) is 3. The molecule has 2 atom stereocenters. The number of sulfonamides is 2. The zero-order valence-corrected chi connectivity index (χ0v) is 23.1. The van der Waals surface area contributed by atoms with Crippen molar-refractivity contribution in [2.75, 3.05) is 0 Å². The highest BCUT2D eigenvalue weighted by Gasteiger charge is 2.39. The Hall–Kier alpha value is -3.96. The van der Waals surface area contributed by atoms with Crippen LogP contribution in [0.25, 0.3) is 11.0 Å². The fourth-order valence-corrected chi connectivity index (χ4v) is 7.32. The molecule has 0 radical (unpaired) electrons. The van der Waals surface area contributed by atoms with E-state index in [2.05, 4.69) is 14.7 Å². The Labute approximate surface area is 240 Å². The van der Waals surface area contributed by atoms with E-state index in [1.165, 1.54) is 24.3 Å². The fraction of sp³-hybridized carbons (Fsp3) is 0.231. The predicted octanol–water partition coefficient (Wildman–Crippen LogP) is 4.75. The number of H-pyrrole nitrogens is 1. The van der Waals surface area contributed by atoms with E-state index in [0.717, 1.165) is 0 Å². The van der Waals surface area contributed by atoms with Crippen molar-refractivity contribution in [3.05, 3.63) is 94.8 Å². The summed E-state index contributed by atoms with van der Waals surface area (Å²) in [6.45, 7) is 0. The Morgan fingerprint density at radius 1 is 0.930 bits per heavy atom. The van der Waals surface area contributed by atoms with Gasteiger partial charge >= 0.3 is 12.4 Å². The Balaban J connectivity index is 1.52. The highest BCUT2D eigenvalue weighted by atomic mass is 32.2. The van der Waals surface area contributed by atoms with Gasteiger partial charge in [0.2, 0.25) is 26.0 Å². The van der Waals surface area contributed by atoms with Gasteiger partial charge in [-0.05, 0) is 47.9 Å². The summed E-state index contributed by atoms with van der Waals surface area (Å²) in [6, 6.07) is 11.1. The van der Waals surface area contributed by atoms with Gasteiger partial charge in [0.05, 0.1) is 39.5 Å². The number of hydrogen-bond donors (Lipinski definition) is 3. The second-order valence-corrected chi connectivity index (χ2v) is 13.3. The molecule has 4 aromatic rings. The summed E-state index contributed by atoms with van der Waals surface area (Å²) in [5, 5.41) is -1.14. The monoisotopic (exact) mass is 646 g/mol. The number of aromatic nitrogens is 2. The molecular weight excluding hydrogens is 626 g/mol. The molecule has 9 nitrogen and oxygen atoms in total. The number of aromatic amines is 1. The Bertz CT molecular complexity index is 1860. The van der Waals surface area contributed by atoms with Crippen LogP contribution >= 0.6 is 0 Å². The molecule has 0 bridgehead atoms. The zero-order chi connectivity index (χ0) is 31.4. The predicted molar refractivity (Wildman–Crippen MR) is 140 cm³/mol. The average Bonchev–Trinajstić information content (AvgIpc) is 3.46. The quantitative estimate of drug-likeness (QED) is 0.248. The molecule has 1 unspecified atom stereocenters. The lowest BCUT2D eigenvalue weighted by Crippen LogP contribution is -2.31. The molecule has 0 saturated carbocycles. The minimum Gasteiger partial charge on any atom is -0.341 e. The Morgan fingerprint density at radius 2 is 1.53 bits per heavy atom. The van der Waals surface area contributed by atoms with E-state index in [0.29, 0.717) is 16.6 Å². The van der Waals surface area contributed by atoms with Crippen LogP contribution in [0.3, 0.4) is 0 Å². The summed E-state index contributed by atoms with van der Waals surface area (Å²) in [5.41, 5.74) is -2.00. The van der Waals surface area contributed by atoms with Crippen LogP contribution < -0.4 is 9.44 Å². The van der Waals surface area contributed by atoms with E-state index in [-0.39, 0.29) is 42.4 Å². The summed E-state index contributed by atoms with van der Waals surface area (Å²) in [6.07, 6.45) is -11.0. The molecule has 43 heavy (non-hydrogen) atoms. The smallest absolute Gasteiger partial charge is 0.341 e. The molecule has 3 aromatic carbocycles. The lowest BCUT2D eigenvalue weighted by Gasteiger charge is -2.19. The lowest BCUT2D eigenvalue weighted by atomic mass is 10.0. The fourth-order valence-electron chi connectivity index (χ4n) is 4.62. The second-order valence-electron chi connectivity index (χ2n) is 9.76. The molecule has 2 heterocycles. The van der Waals surface area contributed by atoms with Gasteiger partial charge in [-0.25, -0.2) is 26.5 Å². The molecule has 1 amide bonds. The van der Waals surface area contributed by atoms with Gasteiger partial charge in [-0.15, -0.1) is 0 Å². The van der Waals surface area contributed by atoms with Crippen molar-refractivity contribution in [2.45, 2.75) is 41.4 Å². The minimum absolute atomic E-state index is 0.0186. The topological polar surface area (TPSA) is 138 Å². The van der Waals surface area contributed by atoms with Gasteiger partial charge in [0.1, 0.15) is 11.1 Å². The first-order chi connectivity index (χ1) is 19.9. The molecule has 228 valence electrons. The van der Waals surface area contributed by atoms with Crippen molar-refractivity contribution in [3.63, 3.8) is 0 Å². The SMILES string of the molecule is O=C1CC(c2ccc(C[C@H](NS(=O)(=O)c3cc(C(F)(F)F)cc(C(F)(F)F)c3)c3nc4ccccc4[nH]3)cc2)S(=O)(=O)N1. The third-order valence-corrected chi connectivity index (χ3v) is 9.85. The van der Waals surface area contributed by atoms with Crippen molar-refractivity contribution in [3.8, 4) is 0 Å². The maximum atomic E-state index is 13.4. The maximum Gasteiger partial charge on any atom is 0.416 e. The average molecular weight is 647 g/mol. The first kappa shape index (κ1) is 30.5. The molecule has 0 aliphatic carbocycles. The van der Waals surface area contributed by atoms with Gasteiger partial charge in [0.25, 0.3) is 0 Å². The van der Waals surface area contributed by atoms with E-state index in [1.54, 1.807) is 24.3 Å². The highest BCUT2D eigenvalue weighted by Crippen LogP contribution is 2.38. The van der Waals surface area contributed by atoms with E-state index in [4.69, 9.17) is 0 Å². The molecule has 3 N–H and O–H groups in total. The van der Waals surface area contributed by atoms with E-state index in [1.807, 2.05) is 4.72 Å². The van der Waals surface area contributed by atoms with Gasteiger partial charge in [0.15, 0.2) is 0 Å². The minimum atomic E-state index is -5.27. The Kier molecular flexibility index (Phi) is 7.55. The van der Waals surface area contributed by atoms with Crippen LogP contribution in [0, 0.1) is 0 Å². The molecule has 0 spiro atoms. The largest absolute Gasteiger partial charge is 0.416 e. The standard InChI is InChI=1S/C26H20F6N4O5S2/c27-25(28,29)16-10-17(26(30,31)32)12-18(11-16)42(38,39)35-21(24-33-19-3-1-2-4-20(19)34-24)9-14-5-7-15(8-6-14)22-13-23(37)36-43(22,40)41/h1-8,10-12,21-22,35H,9,13H2,(H,33,34)(H,36,37)/t21-,22?/m0/s1. The normalized spacial score (nSPS) is 18.1. The molecule has 1 aromatic heterocycles. The van der Waals surface area contributed by atoms with Crippen LogP contribution in [0.2, 0.25) is 0 Å². The van der Waals surface area contributed by atoms with Crippen LogP contribution in [0.4, 0.5) is 26.3 Å². The van der Waals surface area contributed by atoms with E-state index in [9.17, 15) is 48.0 Å². The summed E-state index contributed by atoms with van der Waals surface area (Å²) < 4.78 is 136. The third-order valence-electron chi connectivity index (χ3n) is 6.70. The molecule has 17 heteroatoms. The molecular formula is C26H20F6N4O5S2. The van der Waals surface area contributed by atoms with Crippen molar-refractivity contribution >= 4 is 37.0 Å². The number of rotatable bonds is 7. The molecule has 1 saturated heterocycles. The van der Waals surface area contributed by atoms with Gasteiger partial charge in [-0.1, -0.05) is 36.4 Å². The number of para-hydroxylation sites is 2. The number of fused-ring (bicyclic) bond motifs is 1. The summed E-state index contributed by atoms with van der Waals surface area (Å²) >= 11 is 0. The van der Waals surface area contributed by atoms with Crippen molar-refractivity contribution < 1.29 is 48.0 Å². The number of imidazole rings is 1. The lowest BCUT2D eigenvalue weighted by molar-refractivity contribution is -0.143. The molecule has 1 aliphatic heterocycles. The van der Waals surface area contributed by atoms with Crippen LogP contribution in [-0.2, 0) is 43.6 Å². The molecule has 1 aliphatic rings. The summed E-state index contributed by atoms with van der Waals surface area (Å²) in [7, 11) is -8.94. The molecule has 5 rings (SSSR count). The van der Waals surface area contributed by atoms with Crippen LogP contribution in [0.5, 0.6) is 0 Å². The van der Waals surface area contributed by atoms with Gasteiger partial charge in [-0.3, -0.25) is 9.52 Å². The number of carbonyl (C=O) groups is 1. The van der Waals surface area contributed by atoms with Crippen LogP contribution in [0.1, 0.15) is 45.8 Å².